The third-order valence-electron chi connectivity index (χ3n) is 5.75. The van der Waals surface area contributed by atoms with Gasteiger partial charge in [0.05, 0.1) is 5.69 Å². The van der Waals surface area contributed by atoms with E-state index >= 15 is 0 Å². The van der Waals surface area contributed by atoms with Gasteiger partial charge < -0.3 is 4.74 Å². The Morgan fingerprint density at radius 3 is 2.29 bits per heavy atom. The smallest absolute Gasteiger partial charge is 0.260 e. The van der Waals surface area contributed by atoms with Gasteiger partial charge in [0.15, 0.2) is 5.03 Å². The summed E-state index contributed by atoms with van der Waals surface area (Å²) in [6, 6.07) is 2.28. The highest BCUT2D eigenvalue weighted by Crippen LogP contribution is 2.36. The summed E-state index contributed by atoms with van der Waals surface area (Å²) in [7, 11) is -1.74. The molecule has 24 heavy (non-hydrogen) atoms. The summed E-state index contributed by atoms with van der Waals surface area (Å²) in [5, 5.41) is 4.49. The zero-order chi connectivity index (χ0) is 16.9. The van der Waals surface area contributed by atoms with Crippen molar-refractivity contribution in [3.63, 3.8) is 0 Å². The summed E-state index contributed by atoms with van der Waals surface area (Å²) in [4.78, 5) is 2.57. The number of likely N-dealkylation sites (tertiary alicyclic amines) is 1. The van der Waals surface area contributed by atoms with Crippen molar-refractivity contribution in [1.29, 1.82) is 0 Å². The van der Waals surface area contributed by atoms with E-state index in [2.05, 4.69) is 10.00 Å². The number of hydrogen-bond donors (Lipinski definition) is 0. The number of aryl methyl sites for hydroxylation is 2. The molecule has 3 aliphatic rings. The number of aromatic nitrogens is 2. The van der Waals surface area contributed by atoms with Crippen LogP contribution in [0.15, 0.2) is 11.1 Å². The molecule has 0 N–H and O–H groups in total. The Morgan fingerprint density at radius 1 is 1.12 bits per heavy atom. The summed E-state index contributed by atoms with van der Waals surface area (Å²) < 4.78 is 34.4. The number of ether oxygens (including phenoxy) is 1. The van der Waals surface area contributed by atoms with E-state index < -0.39 is 10.0 Å². The van der Waals surface area contributed by atoms with E-state index in [-0.39, 0.29) is 0 Å². The second kappa shape index (κ2) is 6.09. The minimum Gasteiger partial charge on any atom is -0.381 e. The summed E-state index contributed by atoms with van der Waals surface area (Å²) in [5.74, 6) is 0.911. The lowest BCUT2D eigenvalue weighted by atomic mass is 10.0. The Labute approximate surface area is 143 Å². The molecule has 0 aliphatic carbocycles. The number of nitrogens with zero attached hydrogens (tertiary/aromatic N) is 4. The van der Waals surface area contributed by atoms with Crippen molar-refractivity contribution in [3.05, 3.63) is 11.8 Å². The maximum Gasteiger partial charge on any atom is 0.260 e. The Hall–Kier alpha value is -0.960. The molecule has 0 spiro atoms. The molecule has 0 radical (unpaired) electrons. The first kappa shape index (κ1) is 16.5. The fourth-order valence-corrected chi connectivity index (χ4v) is 6.23. The Bertz CT molecular complexity index is 697. The van der Waals surface area contributed by atoms with Gasteiger partial charge in [-0.3, -0.25) is 9.58 Å². The molecular formula is C16H26N4O3S. The second-order valence-electron chi connectivity index (χ2n) is 7.39. The van der Waals surface area contributed by atoms with Gasteiger partial charge in [-0.15, -0.1) is 0 Å². The van der Waals surface area contributed by atoms with Crippen LogP contribution in [-0.2, 0) is 21.8 Å². The molecule has 4 rings (SSSR count). The number of hydrogen-bond acceptors (Lipinski definition) is 5. The summed E-state index contributed by atoms with van der Waals surface area (Å²) >= 11 is 0. The van der Waals surface area contributed by atoms with Gasteiger partial charge in [-0.25, -0.2) is 8.42 Å². The molecule has 3 saturated heterocycles. The van der Waals surface area contributed by atoms with Gasteiger partial charge in [-0.2, -0.15) is 9.40 Å². The van der Waals surface area contributed by atoms with E-state index in [1.54, 1.807) is 17.4 Å². The van der Waals surface area contributed by atoms with Crippen LogP contribution in [0, 0.1) is 18.8 Å². The lowest BCUT2D eigenvalue weighted by Crippen LogP contribution is -2.40. The molecule has 0 amide bonds. The predicted molar refractivity (Wildman–Crippen MR) is 89.1 cm³/mol. The maximum atomic E-state index is 12.9. The average Bonchev–Trinajstić information content (AvgIpc) is 3.21. The van der Waals surface area contributed by atoms with Crippen LogP contribution in [-0.4, -0.2) is 72.8 Å². The van der Waals surface area contributed by atoms with E-state index in [9.17, 15) is 8.42 Å². The van der Waals surface area contributed by atoms with Crippen molar-refractivity contribution in [2.24, 2.45) is 18.9 Å². The normalized spacial score (nSPS) is 30.1. The summed E-state index contributed by atoms with van der Waals surface area (Å²) in [6.45, 7) is 6.85. The number of rotatable bonds is 3. The van der Waals surface area contributed by atoms with Crippen molar-refractivity contribution in [2.75, 3.05) is 39.4 Å². The molecule has 4 heterocycles. The molecule has 7 nitrogen and oxygen atoms in total. The molecule has 1 unspecified atom stereocenters. The molecule has 8 heteroatoms. The van der Waals surface area contributed by atoms with Crippen LogP contribution in [0.4, 0.5) is 0 Å². The monoisotopic (exact) mass is 354 g/mol. The molecule has 0 aromatic carbocycles. The molecule has 1 aromatic heterocycles. The highest BCUT2D eigenvalue weighted by molar-refractivity contribution is 7.89. The van der Waals surface area contributed by atoms with Crippen molar-refractivity contribution in [3.8, 4) is 0 Å². The van der Waals surface area contributed by atoms with E-state index in [4.69, 9.17) is 4.74 Å². The van der Waals surface area contributed by atoms with Gasteiger partial charge in [-0.05, 0) is 37.7 Å². The lowest BCUT2D eigenvalue weighted by Gasteiger charge is -2.32. The molecule has 0 saturated carbocycles. The molecule has 3 aliphatic heterocycles. The minimum atomic E-state index is -3.44. The van der Waals surface area contributed by atoms with Gasteiger partial charge in [0.25, 0.3) is 10.0 Å². The van der Waals surface area contributed by atoms with Gasteiger partial charge >= 0.3 is 0 Å². The third-order valence-corrected chi connectivity index (χ3v) is 7.64. The predicted octanol–water partition coefficient (Wildman–Crippen LogP) is 0.460. The first-order valence-electron chi connectivity index (χ1n) is 8.78. The van der Waals surface area contributed by atoms with E-state index in [1.165, 1.54) is 4.68 Å². The quantitative estimate of drug-likeness (QED) is 0.789. The molecule has 2 atom stereocenters. The zero-order valence-corrected chi connectivity index (χ0v) is 15.2. The van der Waals surface area contributed by atoms with E-state index in [0.29, 0.717) is 36.0 Å². The third kappa shape index (κ3) is 2.79. The molecule has 1 aromatic rings. The Kier molecular flexibility index (Phi) is 4.19. The minimum absolute atomic E-state index is 0.307. The largest absolute Gasteiger partial charge is 0.381 e. The van der Waals surface area contributed by atoms with Crippen molar-refractivity contribution < 1.29 is 13.2 Å². The van der Waals surface area contributed by atoms with E-state index in [1.807, 2.05) is 6.92 Å². The fourth-order valence-electron chi connectivity index (χ4n) is 4.49. The fraction of sp³-hybridized carbons (Fsp3) is 0.812. The topological polar surface area (TPSA) is 67.7 Å². The highest BCUT2D eigenvalue weighted by Gasteiger charge is 2.46. The van der Waals surface area contributed by atoms with Crippen LogP contribution >= 0.6 is 0 Å². The molecule has 0 bridgehead atoms. The second-order valence-corrected chi connectivity index (χ2v) is 9.27. The van der Waals surface area contributed by atoms with Crippen LogP contribution in [0.1, 0.15) is 18.5 Å². The first-order valence-corrected chi connectivity index (χ1v) is 10.2. The molecule has 134 valence electrons. The maximum absolute atomic E-state index is 12.9. The van der Waals surface area contributed by atoms with Gasteiger partial charge in [0.2, 0.25) is 0 Å². The van der Waals surface area contributed by atoms with E-state index in [0.717, 1.165) is 44.8 Å². The number of fused-ring (bicyclic) bond motifs is 1. The van der Waals surface area contributed by atoms with Gasteiger partial charge in [0, 0.05) is 52.5 Å². The van der Waals surface area contributed by atoms with Gasteiger partial charge in [0.1, 0.15) is 0 Å². The molecule has 3 fully saturated rings. The van der Waals surface area contributed by atoms with Crippen molar-refractivity contribution >= 4 is 10.0 Å². The SMILES string of the molecule is Cc1cc(S(=O)(=O)N2CC3CN(C4CCOCC4)C[C@@H]3C2)n(C)n1. The van der Waals surface area contributed by atoms with Crippen LogP contribution in [0.25, 0.3) is 0 Å². The van der Waals surface area contributed by atoms with Crippen molar-refractivity contribution in [1.82, 2.24) is 19.0 Å². The Balaban J connectivity index is 1.44. The van der Waals surface area contributed by atoms with Gasteiger partial charge in [-0.1, -0.05) is 0 Å². The standard InChI is InChI=1S/C16H26N4O3S/c1-12-7-16(18(2)17-12)24(21,22)20-10-13-8-19(9-14(13)11-20)15-3-5-23-6-4-15/h7,13-15H,3-6,8-11H2,1-2H3/t13-,14?/m1/s1. The van der Waals surface area contributed by atoms with Crippen LogP contribution < -0.4 is 0 Å². The van der Waals surface area contributed by atoms with Crippen LogP contribution in [0.5, 0.6) is 0 Å². The van der Waals surface area contributed by atoms with Crippen LogP contribution in [0.3, 0.4) is 0 Å². The average molecular weight is 354 g/mol. The summed E-state index contributed by atoms with van der Waals surface area (Å²) in [6.07, 6.45) is 2.21. The van der Waals surface area contributed by atoms with Crippen molar-refractivity contribution in [2.45, 2.75) is 30.8 Å². The summed E-state index contributed by atoms with van der Waals surface area (Å²) in [5.41, 5.74) is 0.737. The first-order chi connectivity index (χ1) is 11.4. The lowest BCUT2D eigenvalue weighted by molar-refractivity contribution is 0.0393. The zero-order valence-electron chi connectivity index (χ0n) is 14.4. The van der Waals surface area contributed by atoms with Crippen LogP contribution in [0.2, 0.25) is 0 Å². The molecular weight excluding hydrogens is 328 g/mol. The Morgan fingerprint density at radius 2 is 1.75 bits per heavy atom. The number of sulfonamides is 1. The highest BCUT2D eigenvalue weighted by atomic mass is 32.2.